The highest BCUT2D eigenvalue weighted by Gasteiger charge is 2.44. The molecule has 1 aromatic rings. The van der Waals surface area contributed by atoms with E-state index >= 15 is 0 Å². The van der Waals surface area contributed by atoms with Crippen LogP contribution in [-0.4, -0.2) is 18.2 Å². The van der Waals surface area contributed by atoms with Crippen LogP contribution in [0.25, 0.3) is 0 Å². The Morgan fingerprint density at radius 3 is 2.78 bits per heavy atom. The third-order valence-corrected chi connectivity index (χ3v) is 4.39. The molecule has 3 nitrogen and oxygen atoms in total. The number of nitrogens with one attached hydrogen (secondary N) is 1. The lowest BCUT2D eigenvalue weighted by atomic mass is 9.70. The SMILES string of the molecule is CC(=O)c1ccc2c(c1)CC1(CCNC1=O)CC2. The highest BCUT2D eigenvalue weighted by atomic mass is 16.2. The Kier molecular flexibility index (Phi) is 2.51. The zero-order valence-electron chi connectivity index (χ0n) is 10.6. The fraction of sp³-hybridized carbons (Fsp3) is 0.467. The van der Waals surface area contributed by atoms with Crippen LogP contribution >= 0.6 is 0 Å². The largest absolute Gasteiger partial charge is 0.356 e. The molecule has 1 N–H and O–H groups in total. The summed E-state index contributed by atoms with van der Waals surface area (Å²) in [7, 11) is 0. The fourth-order valence-electron chi connectivity index (χ4n) is 3.20. The minimum Gasteiger partial charge on any atom is -0.356 e. The first-order valence-corrected chi connectivity index (χ1v) is 6.52. The van der Waals surface area contributed by atoms with Crippen molar-refractivity contribution in [3.8, 4) is 0 Å². The number of hydrogen-bond acceptors (Lipinski definition) is 2. The van der Waals surface area contributed by atoms with E-state index in [9.17, 15) is 9.59 Å². The Balaban J connectivity index is 1.98. The van der Waals surface area contributed by atoms with Gasteiger partial charge in [0.15, 0.2) is 5.78 Å². The Morgan fingerprint density at radius 2 is 2.11 bits per heavy atom. The molecule has 0 saturated carbocycles. The number of carbonyl (C=O) groups is 2. The van der Waals surface area contributed by atoms with Gasteiger partial charge in [-0.3, -0.25) is 9.59 Å². The Labute approximate surface area is 107 Å². The van der Waals surface area contributed by atoms with Gasteiger partial charge < -0.3 is 5.32 Å². The molecule has 1 amide bonds. The molecule has 0 radical (unpaired) electrons. The first-order chi connectivity index (χ1) is 8.61. The van der Waals surface area contributed by atoms with Crippen LogP contribution < -0.4 is 5.32 Å². The van der Waals surface area contributed by atoms with Crippen LogP contribution in [0.15, 0.2) is 18.2 Å². The average Bonchev–Trinajstić information content (AvgIpc) is 2.70. The highest BCUT2D eigenvalue weighted by Crippen LogP contribution is 2.41. The number of hydrogen-bond donors (Lipinski definition) is 1. The molecule has 1 atom stereocenters. The number of benzene rings is 1. The second-order valence-electron chi connectivity index (χ2n) is 5.50. The predicted octanol–water partition coefficient (Wildman–Crippen LogP) is 1.88. The smallest absolute Gasteiger partial charge is 0.226 e. The first kappa shape index (κ1) is 11.5. The van der Waals surface area contributed by atoms with Gasteiger partial charge in [0.25, 0.3) is 0 Å². The molecular formula is C15H17NO2. The van der Waals surface area contributed by atoms with Crippen LogP contribution in [0.4, 0.5) is 0 Å². The van der Waals surface area contributed by atoms with Crippen molar-refractivity contribution in [1.29, 1.82) is 0 Å². The van der Waals surface area contributed by atoms with E-state index in [0.717, 1.165) is 37.8 Å². The minimum atomic E-state index is -0.206. The summed E-state index contributed by atoms with van der Waals surface area (Å²) in [5.41, 5.74) is 3.03. The van der Waals surface area contributed by atoms with Gasteiger partial charge >= 0.3 is 0 Å². The zero-order chi connectivity index (χ0) is 12.8. The van der Waals surface area contributed by atoms with E-state index < -0.39 is 0 Å². The molecule has 0 bridgehead atoms. The Morgan fingerprint density at radius 1 is 1.28 bits per heavy atom. The van der Waals surface area contributed by atoms with Crippen LogP contribution in [0, 0.1) is 5.41 Å². The summed E-state index contributed by atoms with van der Waals surface area (Å²) in [6.07, 6.45) is 3.59. The summed E-state index contributed by atoms with van der Waals surface area (Å²) >= 11 is 0. The maximum absolute atomic E-state index is 12.0. The zero-order valence-corrected chi connectivity index (χ0v) is 10.6. The van der Waals surface area contributed by atoms with E-state index in [-0.39, 0.29) is 17.1 Å². The number of rotatable bonds is 1. The van der Waals surface area contributed by atoms with Crippen molar-refractivity contribution >= 4 is 11.7 Å². The van der Waals surface area contributed by atoms with Crippen LogP contribution in [0.1, 0.15) is 41.3 Å². The van der Waals surface area contributed by atoms with Crippen molar-refractivity contribution in [1.82, 2.24) is 5.32 Å². The maximum atomic E-state index is 12.0. The molecule has 3 rings (SSSR count). The van der Waals surface area contributed by atoms with Gasteiger partial charge in [-0.1, -0.05) is 12.1 Å². The molecular weight excluding hydrogens is 226 g/mol. The Bertz CT molecular complexity index is 535. The van der Waals surface area contributed by atoms with Crippen LogP contribution in [0.3, 0.4) is 0 Å². The highest BCUT2D eigenvalue weighted by molar-refractivity contribution is 5.94. The number of carbonyl (C=O) groups excluding carboxylic acids is 2. The molecule has 3 heteroatoms. The molecule has 2 aliphatic rings. The predicted molar refractivity (Wildman–Crippen MR) is 68.5 cm³/mol. The van der Waals surface area contributed by atoms with Crippen molar-refractivity contribution in [2.75, 3.05) is 6.54 Å². The van der Waals surface area contributed by atoms with Gasteiger partial charge in [0.1, 0.15) is 0 Å². The monoisotopic (exact) mass is 243 g/mol. The van der Waals surface area contributed by atoms with Crippen molar-refractivity contribution in [3.05, 3.63) is 34.9 Å². The van der Waals surface area contributed by atoms with Crippen molar-refractivity contribution in [3.63, 3.8) is 0 Å². The normalized spacial score (nSPS) is 25.9. The Hall–Kier alpha value is -1.64. The molecule has 1 aliphatic carbocycles. The van der Waals surface area contributed by atoms with E-state index in [2.05, 4.69) is 5.32 Å². The number of ketones is 1. The number of amides is 1. The summed E-state index contributed by atoms with van der Waals surface area (Å²) in [5, 5.41) is 2.94. The summed E-state index contributed by atoms with van der Waals surface area (Å²) < 4.78 is 0. The minimum absolute atomic E-state index is 0.0910. The van der Waals surface area contributed by atoms with Gasteiger partial charge in [0.2, 0.25) is 5.91 Å². The van der Waals surface area contributed by atoms with Crippen molar-refractivity contribution in [2.24, 2.45) is 5.41 Å². The van der Waals surface area contributed by atoms with Crippen LogP contribution in [0.2, 0.25) is 0 Å². The van der Waals surface area contributed by atoms with E-state index in [1.807, 2.05) is 18.2 Å². The summed E-state index contributed by atoms with van der Waals surface area (Å²) in [4.78, 5) is 23.4. The lowest BCUT2D eigenvalue weighted by Crippen LogP contribution is -2.36. The van der Waals surface area contributed by atoms with Gasteiger partial charge in [-0.25, -0.2) is 0 Å². The first-order valence-electron chi connectivity index (χ1n) is 6.52. The molecule has 1 aliphatic heterocycles. The lowest BCUT2D eigenvalue weighted by Gasteiger charge is -2.32. The average molecular weight is 243 g/mol. The molecule has 1 spiro atoms. The number of fused-ring (bicyclic) bond motifs is 1. The third-order valence-electron chi connectivity index (χ3n) is 4.39. The van der Waals surface area contributed by atoms with Gasteiger partial charge in [-0.15, -0.1) is 0 Å². The van der Waals surface area contributed by atoms with Crippen molar-refractivity contribution < 1.29 is 9.59 Å². The quantitative estimate of drug-likeness (QED) is 0.765. The van der Waals surface area contributed by atoms with E-state index in [1.54, 1.807) is 6.92 Å². The molecule has 1 saturated heterocycles. The van der Waals surface area contributed by atoms with Crippen molar-refractivity contribution in [2.45, 2.75) is 32.6 Å². The molecule has 94 valence electrons. The molecule has 1 unspecified atom stereocenters. The molecule has 0 aromatic heterocycles. The summed E-state index contributed by atoms with van der Waals surface area (Å²) in [6, 6.07) is 5.92. The topological polar surface area (TPSA) is 46.2 Å². The van der Waals surface area contributed by atoms with Crippen LogP contribution in [-0.2, 0) is 17.6 Å². The maximum Gasteiger partial charge on any atom is 0.226 e. The van der Waals surface area contributed by atoms with Crippen LogP contribution in [0.5, 0.6) is 0 Å². The van der Waals surface area contributed by atoms with Gasteiger partial charge in [-0.05, 0) is 49.8 Å². The van der Waals surface area contributed by atoms with E-state index in [0.29, 0.717) is 0 Å². The number of Topliss-reactive ketones (excluding diaryl/α,β-unsaturated/α-hetero) is 1. The molecule has 1 fully saturated rings. The molecule has 1 heterocycles. The second kappa shape index (κ2) is 3.94. The standard InChI is InChI=1S/C15H17NO2/c1-10(17)12-3-2-11-4-5-15(9-13(11)8-12)6-7-16-14(15)18/h2-3,8H,4-7,9H2,1H3,(H,16,18). The second-order valence-corrected chi connectivity index (χ2v) is 5.50. The van der Waals surface area contributed by atoms with E-state index in [4.69, 9.17) is 0 Å². The summed E-state index contributed by atoms with van der Waals surface area (Å²) in [5.74, 6) is 0.287. The summed E-state index contributed by atoms with van der Waals surface area (Å²) in [6.45, 7) is 2.38. The van der Waals surface area contributed by atoms with Gasteiger partial charge in [0.05, 0.1) is 5.41 Å². The fourth-order valence-corrected chi connectivity index (χ4v) is 3.20. The van der Waals surface area contributed by atoms with Gasteiger partial charge in [-0.2, -0.15) is 0 Å². The van der Waals surface area contributed by atoms with E-state index in [1.165, 1.54) is 11.1 Å². The molecule has 1 aromatic carbocycles. The lowest BCUT2D eigenvalue weighted by molar-refractivity contribution is -0.128. The molecule has 18 heavy (non-hydrogen) atoms. The third kappa shape index (κ3) is 1.65. The van der Waals surface area contributed by atoms with Gasteiger partial charge in [0, 0.05) is 12.1 Å². The number of aryl methyl sites for hydroxylation is 1.